The van der Waals surface area contributed by atoms with E-state index >= 15 is 0 Å². The largest absolute Gasteiger partial charge is 0.508 e. The molecule has 0 radical (unpaired) electrons. The predicted octanol–water partition coefficient (Wildman–Crippen LogP) is 8.57. The summed E-state index contributed by atoms with van der Waals surface area (Å²) in [5, 5.41) is 13.7. The van der Waals surface area contributed by atoms with E-state index in [4.69, 9.17) is 0 Å². The summed E-state index contributed by atoms with van der Waals surface area (Å²) >= 11 is 2.07. The Bertz CT molecular complexity index is 838. The summed E-state index contributed by atoms with van der Waals surface area (Å²) < 4.78 is 0. The zero-order chi connectivity index (χ0) is 24.0. The fourth-order valence-corrected chi connectivity index (χ4v) is 12.6. The van der Waals surface area contributed by atoms with Gasteiger partial charge in [-0.25, -0.2) is 0 Å². The number of thioether (sulfide) groups is 1. The number of hydrogen-bond donors (Lipinski definition) is 1. The first kappa shape index (κ1) is 27.1. The Morgan fingerprint density at radius 1 is 0.781 bits per heavy atom. The number of hydrogen-bond acceptors (Lipinski definition) is 2. The minimum atomic E-state index is -1.65. The summed E-state index contributed by atoms with van der Waals surface area (Å²) in [6.45, 7) is 18.0. The lowest BCUT2D eigenvalue weighted by atomic mass is 9.81. The van der Waals surface area contributed by atoms with E-state index in [2.05, 4.69) is 104 Å². The molecule has 0 fully saturated rings. The highest BCUT2D eigenvalue weighted by molar-refractivity contribution is 8.01. The summed E-state index contributed by atoms with van der Waals surface area (Å²) in [5.74, 6) is 0.440. The molecule has 0 aliphatic carbocycles. The van der Waals surface area contributed by atoms with Gasteiger partial charge in [0.1, 0.15) is 5.75 Å². The van der Waals surface area contributed by atoms with E-state index in [1.807, 2.05) is 6.07 Å². The molecule has 0 spiro atoms. The Morgan fingerprint density at radius 2 is 1.31 bits per heavy atom. The summed E-state index contributed by atoms with van der Waals surface area (Å²) in [7, 11) is -1.65. The lowest BCUT2D eigenvalue weighted by molar-refractivity contribution is 0.441. The fraction of sp³-hybridized carbons (Fsp3) is 0.586. The van der Waals surface area contributed by atoms with E-state index in [0.29, 0.717) is 5.75 Å². The quantitative estimate of drug-likeness (QED) is 0.277. The van der Waals surface area contributed by atoms with Gasteiger partial charge in [0, 0.05) is 10.5 Å². The van der Waals surface area contributed by atoms with Crippen LogP contribution in [0.3, 0.4) is 0 Å². The van der Waals surface area contributed by atoms with Crippen LogP contribution >= 0.6 is 11.8 Å². The van der Waals surface area contributed by atoms with Crippen molar-refractivity contribution in [3.05, 3.63) is 53.6 Å². The summed E-state index contributed by atoms with van der Waals surface area (Å²) in [6.07, 6.45) is 5.17. The molecule has 0 aliphatic rings. The Balaban J connectivity index is 2.53. The van der Waals surface area contributed by atoms with E-state index in [0.717, 1.165) is 5.56 Å². The van der Waals surface area contributed by atoms with Crippen LogP contribution in [0.2, 0.25) is 12.1 Å². The molecule has 0 saturated carbocycles. The number of phenols is 1. The van der Waals surface area contributed by atoms with Gasteiger partial charge in [0.25, 0.3) is 0 Å². The third-order valence-corrected chi connectivity index (χ3v) is 14.2. The predicted molar refractivity (Wildman–Crippen MR) is 147 cm³/mol. The minimum absolute atomic E-state index is 0.0000269. The molecular weight excluding hydrogens is 424 g/mol. The van der Waals surface area contributed by atoms with Gasteiger partial charge in [-0.3, -0.25) is 0 Å². The molecule has 2 aromatic carbocycles. The molecular formula is C29H46OSSi. The van der Waals surface area contributed by atoms with Crippen LogP contribution in [0.15, 0.2) is 47.4 Å². The van der Waals surface area contributed by atoms with Crippen molar-refractivity contribution < 1.29 is 5.11 Å². The topological polar surface area (TPSA) is 20.2 Å². The van der Waals surface area contributed by atoms with Crippen molar-refractivity contribution in [1.82, 2.24) is 0 Å². The van der Waals surface area contributed by atoms with Crippen LogP contribution in [0.4, 0.5) is 0 Å². The zero-order valence-corrected chi connectivity index (χ0v) is 23.7. The Labute approximate surface area is 203 Å². The number of benzene rings is 2. The second-order valence-electron chi connectivity index (χ2n) is 11.5. The molecule has 0 aromatic heterocycles. The molecule has 0 amide bonds. The highest BCUT2D eigenvalue weighted by Gasteiger charge is 2.35. The highest BCUT2D eigenvalue weighted by Crippen LogP contribution is 2.42. The fourth-order valence-electron chi connectivity index (χ4n) is 4.55. The van der Waals surface area contributed by atoms with Gasteiger partial charge in [-0.05, 0) is 33.9 Å². The SMILES string of the molecule is CCCC[Si](CCCC)(CSc1cc(C(C)(C)C)c(O)cc1C(C)(C)C)c1ccccc1. The van der Waals surface area contributed by atoms with Gasteiger partial charge >= 0.3 is 0 Å². The van der Waals surface area contributed by atoms with Crippen LogP contribution in [0.1, 0.15) is 92.2 Å². The van der Waals surface area contributed by atoms with Gasteiger partial charge in [-0.2, -0.15) is 0 Å². The molecule has 0 atom stereocenters. The maximum absolute atomic E-state index is 10.9. The molecule has 0 heterocycles. The molecule has 0 aliphatic heterocycles. The summed E-state index contributed by atoms with van der Waals surface area (Å²) in [5.41, 5.74) is 2.26. The van der Waals surface area contributed by atoms with Crippen LogP contribution in [-0.4, -0.2) is 18.6 Å². The number of phenolic OH excluding ortho intramolecular Hbond substituents is 1. The first-order valence-electron chi connectivity index (χ1n) is 12.5. The summed E-state index contributed by atoms with van der Waals surface area (Å²) in [6, 6.07) is 18.5. The second-order valence-corrected chi connectivity index (χ2v) is 17.5. The van der Waals surface area contributed by atoms with Crippen molar-refractivity contribution in [1.29, 1.82) is 0 Å². The number of aromatic hydroxyl groups is 1. The maximum atomic E-state index is 10.9. The van der Waals surface area contributed by atoms with Gasteiger partial charge in [0.2, 0.25) is 0 Å². The van der Waals surface area contributed by atoms with E-state index in [1.54, 1.807) is 5.19 Å². The smallest absolute Gasteiger partial charge is 0.119 e. The van der Waals surface area contributed by atoms with Crippen LogP contribution < -0.4 is 5.19 Å². The monoisotopic (exact) mass is 470 g/mol. The highest BCUT2D eigenvalue weighted by atomic mass is 32.2. The molecule has 178 valence electrons. The second kappa shape index (κ2) is 11.3. The van der Waals surface area contributed by atoms with Crippen molar-refractivity contribution in [3.8, 4) is 5.75 Å². The average Bonchev–Trinajstić information content (AvgIpc) is 2.73. The van der Waals surface area contributed by atoms with Crippen molar-refractivity contribution in [3.63, 3.8) is 0 Å². The third-order valence-electron chi connectivity index (χ3n) is 6.62. The first-order chi connectivity index (χ1) is 14.9. The van der Waals surface area contributed by atoms with Crippen molar-refractivity contribution in [2.45, 2.75) is 109 Å². The standard InChI is InChI=1S/C29H46OSSi/c1-9-11-18-32(19-12-10-2,23-16-14-13-15-17-23)22-31-27-21-24(28(3,4)5)26(30)20-25(27)29(6,7)8/h13-17,20-21,30H,9-12,18-19,22H2,1-8H3. The Kier molecular flexibility index (Phi) is 9.55. The number of unbranched alkanes of at least 4 members (excludes halogenated alkanes) is 2. The molecule has 0 unspecified atom stereocenters. The minimum Gasteiger partial charge on any atom is -0.508 e. The van der Waals surface area contributed by atoms with Crippen molar-refractivity contribution in [2.75, 3.05) is 5.38 Å². The van der Waals surface area contributed by atoms with Gasteiger partial charge in [0.15, 0.2) is 0 Å². The van der Waals surface area contributed by atoms with E-state index in [9.17, 15) is 5.11 Å². The van der Waals surface area contributed by atoms with Gasteiger partial charge in [-0.15, -0.1) is 11.8 Å². The Morgan fingerprint density at radius 3 is 1.78 bits per heavy atom. The summed E-state index contributed by atoms with van der Waals surface area (Å²) in [4.78, 5) is 1.36. The Hall–Kier alpha value is -1.19. The molecule has 0 bridgehead atoms. The molecule has 2 rings (SSSR count). The molecule has 1 N–H and O–H groups in total. The van der Waals surface area contributed by atoms with Crippen LogP contribution in [0, 0.1) is 0 Å². The van der Waals surface area contributed by atoms with Crippen LogP contribution in [0.25, 0.3) is 0 Å². The van der Waals surface area contributed by atoms with Gasteiger partial charge in [-0.1, -0.05) is 129 Å². The maximum Gasteiger partial charge on any atom is 0.119 e. The molecule has 1 nitrogen and oxygen atoms in total. The lowest BCUT2D eigenvalue weighted by Gasteiger charge is -2.34. The average molecular weight is 471 g/mol. The van der Waals surface area contributed by atoms with E-state index < -0.39 is 8.07 Å². The molecule has 32 heavy (non-hydrogen) atoms. The zero-order valence-electron chi connectivity index (χ0n) is 21.8. The molecule has 0 saturated heterocycles. The van der Waals surface area contributed by atoms with Crippen molar-refractivity contribution in [2.24, 2.45) is 0 Å². The van der Waals surface area contributed by atoms with E-state index in [-0.39, 0.29) is 10.8 Å². The first-order valence-corrected chi connectivity index (χ1v) is 16.1. The lowest BCUT2D eigenvalue weighted by Crippen LogP contribution is -2.50. The van der Waals surface area contributed by atoms with Crippen LogP contribution in [0.5, 0.6) is 5.75 Å². The van der Waals surface area contributed by atoms with Gasteiger partial charge < -0.3 is 5.11 Å². The van der Waals surface area contributed by atoms with Crippen LogP contribution in [-0.2, 0) is 10.8 Å². The van der Waals surface area contributed by atoms with Gasteiger partial charge in [0.05, 0.1) is 8.07 Å². The van der Waals surface area contributed by atoms with E-state index in [1.165, 1.54) is 53.6 Å². The number of rotatable bonds is 10. The molecule has 2 aromatic rings. The third kappa shape index (κ3) is 6.90. The molecule has 3 heteroatoms. The van der Waals surface area contributed by atoms with Crippen molar-refractivity contribution >= 4 is 25.0 Å². The normalized spacial score (nSPS) is 12.9.